The molecule has 1 amide bonds. The Bertz CT molecular complexity index is 1190. The SMILES string of the molecule is COCC#Cc1cnc2c(c1)C(=O)N([C@@H](C)CO)C[C@H](C)[C@@H](CN(C)S(=O)(=O)c1ccccc1)O2. The summed E-state index contributed by atoms with van der Waals surface area (Å²) in [5.74, 6) is 5.24. The van der Waals surface area contributed by atoms with Gasteiger partial charge in [0.05, 0.1) is 24.1 Å². The van der Waals surface area contributed by atoms with Crippen LogP contribution in [0.3, 0.4) is 0 Å². The molecule has 9 nitrogen and oxygen atoms in total. The molecule has 1 aromatic carbocycles. The fourth-order valence-corrected chi connectivity index (χ4v) is 4.93. The van der Waals surface area contributed by atoms with E-state index >= 15 is 0 Å². The molecule has 0 fully saturated rings. The maximum Gasteiger partial charge on any atom is 0.259 e. The number of sulfonamides is 1. The average molecular weight is 502 g/mol. The van der Waals surface area contributed by atoms with Gasteiger partial charge in [-0.15, -0.1) is 0 Å². The monoisotopic (exact) mass is 501 g/mol. The fourth-order valence-electron chi connectivity index (χ4n) is 3.72. The largest absolute Gasteiger partial charge is 0.472 e. The van der Waals surface area contributed by atoms with Crippen LogP contribution < -0.4 is 4.74 Å². The minimum absolute atomic E-state index is 0.0461. The van der Waals surface area contributed by atoms with Crippen molar-refractivity contribution in [3.8, 4) is 17.7 Å². The van der Waals surface area contributed by atoms with E-state index in [0.29, 0.717) is 5.56 Å². The van der Waals surface area contributed by atoms with E-state index in [9.17, 15) is 18.3 Å². The van der Waals surface area contributed by atoms with E-state index in [1.54, 1.807) is 48.2 Å². The molecule has 1 N–H and O–H groups in total. The standard InChI is InChI=1S/C25H31N3O6S/c1-18-15-28(19(2)17-29)25(30)22-13-20(9-8-12-33-4)14-26-24(22)34-23(18)16-27(3)35(31,32)21-10-6-5-7-11-21/h5-7,10-11,13-14,18-19,23,29H,12,15-17H2,1-4H3/t18-,19-,23+/m0/s1. The molecule has 0 unspecified atom stereocenters. The summed E-state index contributed by atoms with van der Waals surface area (Å²) in [7, 11) is -0.706. The van der Waals surface area contributed by atoms with Crippen LogP contribution in [0.2, 0.25) is 0 Å². The van der Waals surface area contributed by atoms with Crippen molar-refractivity contribution in [3.05, 3.63) is 53.7 Å². The van der Waals surface area contributed by atoms with E-state index in [2.05, 4.69) is 16.8 Å². The summed E-state index contributed by atoms with van der Waals surface area (Å²) in [6.07, 6.45) is 0.902. The molecule has 1 aliphatic rings. The van der Waals surface area contributed by atoms with Gasteiger partial charge in [0.1, 0.15) is 18.3 Å². The van der Waals surface area contributed by atoms with Crippen LogP contribution in [-0.2, 0) is 14.8 Å². The first-order chi connectivity index (χ1) is 16.7. The molecule has 3 atom stereocenters. The molecule has 0 saturated carbocycles. The molecule has 0 aliphatic carbocycles. The first-order valence-corrected chi connectivity index (χ1v) is 12.7. The Balaban J connectivity index is 1.97. The number of aromatic nitrogens is 1. The number of nitrogens with zero attached hydrogens (tertiary/aromatic N) is 3. The van der Waals surface area contributed by atoms with Crippen molar-refractivity contribution in [2.45, 2.75) is 30.9 Å². The van der Waals surface area contributed by atoms with Gasteiger partial charge in [0.25, 0.3) is 5.91 Å². The maximum absolute atomic E-state index is 13.4. The number of benzene rings is 1. The molecule has 0 radical (unpaired) electrons. The molecular formula is C25H31N3O6S. The van der Waals surface area contributed by atoms with Crippen molar-refractivity contribution < 1.29 is 27.8 Å². The van der Waals surface area contributed by atoms with E-state index < -0.39 is 22.2 Å². The summed E-state index contributed by atoms with van der Waals surface area (Å²) in [4.78, 5) is 19.5. The highest BCUT2D eigenvalue weighted by molar-refractivity contribution is 7.89. The van der Waals surface area contributed by atoms with Gasteiger partial charge in [-0.1, -0.05) is 37.0 Å². The number of carbonyl (C=O) groups is 1. The second-order valence-corrected chi connectivity index (χ2v) is 10.6. The van der Waals surface area contributed by atoms with E-state index in [-0.39, 0.29) is 54.5 Å². The lowest BCUT2D eigenvalue weighted by atomic mass is 10.0. The molecule has 188 valence electrons. The van der Waals surface area contributed by atoms with Gasteiger partial charge in [-0.05, 0) is 25.1 Å². The molecule has 1 aromatic heterocycles. The lowest BCUT2D eigenvalue weighted by Gasteiger charge is -2.37. The number of hydrogen-bond acceptors (Lipinski definition) is 7. The van der Waals surface area contributed by atoms with Gasteiger partial charge in [0.15, 0.2) is 0 Å². The average Bonchev–Trinajstić information content (AvgIpc) is 2.86. The van der Waals surface area contributed by atoms with Gasteiger partial charge < -0.3 is 19.5 Å². The number of aliphatic hydroxyl groups is 1. The second-order valence-electron chi connectivity index (χ2n) is 8.53. The van der Waals surface area contributed by atoms with Crippen molar-refractivity contribution in [3.63, 3.8) is 0 Å². The number of carbonyl (C=O) groups excluding carboxylic acids is 1. The molecular weight excluding hydrogens is 470 g/mol. The molecule has 1 aliphatic heterocycles. The number of methoxy groups -OCH3 is 1. The number of hydrogen-bond donors (Lipinski definition) is 1. The highest BCUT2D eigenvalue weighted by Crippen LogP contribution is 2.28. The molecule has 0 spiro atoms. The van der Waals surface area contributed by atoms with Crippen LogP contribution in [0.4, 0.5) is 0 Å². The van der Waals surface area contributed by atoms with Crippen LogP contribution in [0.15, 0.2) is 47.5 Å². The third-order valence-electron chi connectivity index (χ3n) is 5.86. The van der Waals surface area contributed by atoms with Crippen molar-refractivity contribution in [2.75, 3.05) is 40.5 Å². The molecule has 2 aromatic rings. The van der Waals surface area contributed by atoms with Gasteiger partial charge in [0, 0.05) is 38.4 Å². The summed E-state index contributed by atoms with van der Waals surface area (Å²) >= 11 is 0. The Hall–Kier alpha value is -2.97. The molecule has 3 rings (SSSR count). The van der Waals surface area contributed by atoms with Crippen LogP contribution in [0.1, 0.15) is 29.8 Å². The van der Waals surface area contributed by atoms with Crippen molar-refractivity contribution in [1.29, 1.82) is 0 Å². The van der Waals surface area contributed by atoms with Crippen LogP contribution in [0, 0.1) is 17.8 Å². The first-order valence-electron chi connectivity index (χ1n) is 11.3. The topological polar surface area (TPSA) is 109 Å². The summed E-state index contributed by atoms with van der Waals surface area (Å²) in [6, 6.07) is 9.32. The van der Waals surface area contributed by atoms with Crippen LogP contribution in [0.5, 0.6) is 5.88 Å². The quantitative estimate of drug-likeness (QED) is 0.574. The molecule has 0 saturated heterocycles. The maximum atomic E-state index is 13.4. The number of likely N-dealkylation sites (N-methyl/N-ethyl adjacent to an activating group) is 1. The number of amides is 1. The third kappa shape index (κ3) is 6.18. The van der Waals surface area contributed by atoms with Gasteiger partial charge in [-0.3, -0.25) is 4.79 Å². The first kappa shape index (κ1) is 26.6. The van der Waals surface area contributed by atoms with E-state index in [1.165, 1.54) is 24.7 Å². The molecule has 0 bridgehead atoms. The predicted octanol–water partition coefficient (Wildman–Crippen LogP) is 1.62. The van der Waals surface area contributed by atoms with Gasteiger partial charge in [-0.2, -0.15) is 4.31 Å². The lowest BCUT2D eigenvalue weighted by Crippen LogP contribution is -2.50. The summed E-state index contributed by atoms with van der Waals surface area (Å²) < 4.78 is 38.5. The van der Waals surface area contributed by atoms with Crippen LogP contribution >= 0.6 is 0 Å². The van der Waals surface area contributed by atoms with Gasteiger partial charge in [0.2, 0.25) is 15.9 Å². The minimum atomic E-state index is -3.74. The summed E-state index contributed by atoms with van der Waals surface area (Å²) in [5.41, 5.74) is 0.725. The van der Waals surface area contributed by atoms with Gasteiger partial charge >= 0.3 is 0 Å². The van der Waals surface area contributed by atoms with Crippen molar-refractivity contribution >= 4 is 15.9 Å². The smallest absolute Gasteiger partial charge is 0.259 e. The van der Waals surface area contributed by atoms with E-state index in [1.807, 2.05) is 6.92 Å². The zero-order valence-electron chi connectivity index (χ0n) is 20.3. The minimum Gasteiger partial charge on any atom is -0.472 e. The fraction of sp³-hybridized carbons (Fsp3) is 0.440. The number of fused-ring (bicyclic) bond motifs is 1. The van der Waals surface area contributed by atoms with Crippen molar-refractivity contribution in [2.24, 2.45) is 5.92 Å². The molecule has 2 heterocycles. The van der Waals surface area contributed by atoms with Crippen LogP contribution in [-0.4, -0.2) is 86.2 Å². The Morgan fingerprint density at radius 3 is 2.71 bits per heavy atom. The number of pyridine rings is 1. The third-order valence-corrected chi connectivity index (χ3v) is 7.70. The summed E-state index contributed by atoms with van der Waals surface area (Å²) in [5, 5.41) is 9.78. The number of rotatable bonds is 7. The van der Waals surface area contributed by atoms with Gasteiger partial charge in [-0.25, -0.2) is 13.4 Å². The van der Waals surface area contributed by atoms with E-state index in [0.717, 1.165) is 0 Å². The normalized spacial score (nSPS) is 19.1. The Labute approximate surface area is 206 Å². The van der Waals surface area contributed by atoms with Crippen LogP contribution in [0.25, 0.3) is 0 Å². The zero-order chi connectivity index (χ0) is 25.6. The zero-order valence-corrected chi connectivity index (χ0v) is 21.2. The highest BCUT2D eigenvalue weighted by atomic mass is 32.2. The lowest BCUT2D eigenvalue weighted by molar-refractivity contribution is 0.0373. The summed E-state index contributed by atoms with van der Waals surface area (Å²) in [6.45, 7) is 3.96. The predicted molar refractivity (Wildman–Crippen MR) is 130 cm³/mol. The Morgan fingerprint density at radius 2 is 2.06 bits per heavy atom. The van der Waals surface area contributed by atoms with Crippen molar-refractivity contribution in [1.82, 2.24) is 14.2 Å². The second kappa shape index (κ2) is 11.6. The molecule has 35 heavy (non-hydrogen) atoms. The number of ether oxygens (including phenoxy) is 2. The molecule has 10 heteroatoms. The highest BCUT2D eigenvalue weighted by Gasteiger charge is 2.35. The Morgan fingerprint density at radius 1 is 1.34 bits per heavy atom. The number of aliphatic hydroxyl groups excluding tert-OH is 1. The van der Waals surface area contributed by atoms with E-state index in [4.69, 9.17) is 9.47 Å². The Kier molecular flexibility index (Phi) is 8.86.